The molecule has 16 heavy (non-hydrogen) atoms. The number of hydrogen-bond acceptors (Lipinski definition) is 5. The molecule has 1 unspecified atom stereocenters. The smallest absolute Gasteiger partial charge is 0.307 e. The van der Waals surface area contributed by atoms with Crippen molar-refractivity contribution in [1.82, 2.24) is 0 Å². The van der Waals surface area contributed by atoms with Crippen molar-refractivity contribution in [3.05, 3.63) is 0 Å². The zero-order chi connectivity index (χ0) is 12.9. The fraction of sp³-hybridized carbons (Fsp3) is 0.778. The lowest BCUT2D eigenvalue weighted by molar-refractivity contribution is -0.161. The first-order valence-corrected chi connectivity index (χ1v) is 4.64. The third-order valence-electron chi connectivity index (χ3n) is 2.75. The van der Waals surface area contributed by atoms with E-state index in [1.165, 1.54) is 6.92 Å². The second kappa shape index (κ2) is 5.78. The van der Waals surface area contributed by atoms with E-state index < -0.39 is 49.0 Å². The fourth-order valence-corrected chi connectivity index (χ4v) is 1.43. The number of rotatable bonds is 7. The Balaban J connectivity index is 5.11. The van der Waals surface area contributed by atoms with E-state index in [1.807, 2.05) is 0 Å². The first-order chi connectivity index (χ1) is 7.29. The van der Waals surface area contributed by atoms with Gasteiger partial charge in [-0.25, -0.2) is 0 Å². The summed E-state index contributed by atoms with van der Waals surface area (Å²) in [5.41, 5.74) is -1.60. The maximum absolute atomic E-state index is 10.9. The standard InChI is InChI=1S/C9H16O7/c1-9(4-11,6(12)3-10)5(8(15)16)2-7(13)14/h5-6,10-12H,2-4H2,1H3,(H,13,14)(H,15,16)/t5?,6-,9+/m1/s1. The minimum Gasteiger partial charge on any atom is -0.481 e. The van der Waals surface area contributed by atoms with E-state index in [0.29, 0.717) is 0 Å². The van der Waals surface area contributed by atoms with E-state index in [9.17, 15) is 14.7 Å². The highest BCUT2D eigenvalue weighted by Gasteiger charge is 2.45. The Labute approximate surface area is 92.0 Å². The molecule has 0 aliphatic carbocycles. The van der Waals surface area contributed by atoms with Crippen LogP contribution in [-0.4, -0.2) is 56.8 Å². The van der Waals surface area contributed by atoms with Crippen molar-refractivity contribution < 1.29 is 35.1 Å². The molecular formula is C9H16O7. The molecule has 0 aliphatic heterocycles. The number of hydrogen-bond donors (Lipinski definition) is 5. The van der Waals surface area contributed by atoms with E-state index in [4.69, 9.17) is 20.4 Å². The van der Waals surface area contributed by atoms with E-state index in [1.54, 1.807) is 0 Å². The summed E-state index contributed by atoms with van der Waals surface area (Å²) in [6.07, 6.45) is -2.23. The molecule has 0 aromatic heterocycles. The molecule has 94 valence electrons. The topological polar surface area (TPSA) is 135 Å². The van der Waals surface area contributed by atoms with Crippen molar-refractivity contribution in [3.8, 4) is 0 Å². The number of aliphatic carboxylic acids is 2. The monoisotopic (exact) mass is 236 g/mol. The Kier molecular flexibility index (Phi) is 5.36. The van der Waals surface area contributed by atoms with Gasteiger partial charge < -0.3 is 25.5 Å². The van der Waals surface area contributed by atoms with Crippen LogP contribution in [0.25, 0.3) is 0 Å². The molecule has 7 nitrogen and oxygen atoms in total. The van der Waals surface area contributed by atoms with Gasteiger partial charge in [-0.05, 0) is 0 Å². The van der Waals surface area contributed by atoms with E-state index in [2.05, 4.69) is 0 Å². The number of aliphatic hydroxyl groups is 3. The molecule has 0 amide bonds. The number of aliphatic hydroxyl groups excluding tert-OH is 3. The molecular weight excluding hydrogens is 220 g/mol. The van der Waals surface area contributed by atoms with Crippen LogP contribution in [0.4, 0.5) is 0 Å². The molecule has 0 rings (SSSR count). The third-order valence-corrected chi connectivity index (χ3v) is 2.75. The SMILES string of the molecule is C[C@](CO)(C(CC(=O)O)C(=O)O)[C@H](O)CO. The summed E-state index contributed by atoms with van der Waals surface area (Å²) < 4.78 is 0. The zero-order valence-corrected chi connectivity index (χ0v) is 8.83. The van der Waals surface area contributed by atoms with Gasteiger partial charge in [0.15, 0.2) is 0 Å². The first-order valence-electron chi connectivity index (χ1n) is 4.64. The Morgan fingerprint density at radius 3 is 2.00 bits per heavy atom. The quantitative estimate of drug-likeness (QED) is 0.363. The number of carbonyl (C=O) groups is 2. The van der Waals surface area contributed by atoms with Gasteiger partial charge in [-0.3, -0.25) is 9.59 Å². The summed E-state index contributed by atoms with van der Waals surface area (Å²) in [6.45, 7) is -0.269. The number of carboxylic acid groups (broad SMARTS) is 2. The predicted molar refractivity (Wildman–Crippen MR) is 51.7 cm³/mol. The van der Waals surface area contributed by atoms with E-state index >= 15 is 0 Å². The van der Waals surface area contributed by atoms with Crippen LogP contribution in [0.1, 0.15) is 13.3 Å². The van der Waals surface area contributed by atoms with E-state index in [0.717, 1.165) is 0 Å². The molecule has 0 bridgehead atoms. The van der Waals surface area contributed by atoms with Gasteiger partial charge in [0.05, 0.1) is 31.7 Å². The average Bonchev–Trinajstić information content (AvgIpc) is 2.23. The largest absolute Gasteiger partial charge is 0.481 e. The van der Waals surface area contributed by atoms with Gasteiger partial charge in [0.2, 0.25) is 0 Å². The molecule has 0 spiro atoms. The van der Waals surface area contributed by atoms with Gasteiger partial charge in [0.25, 0.3) is 0 Å². The minimum absolute atomic E-state index is 0.733. The van der Waals surface area contributed by atoms with Gasteiger partial charge in [-0.2, -0.15) is 0 Å². The average molecular weight is 236 g/mol. The second-order valence-corrected chi connectivity index (χ2v) is 3.85. The van der Waals surface area contributed by atoms with Crippen LogP contribution >= 0.6 is 0 Å². The highest BCUT2D eigenvalue weighted by atomic mass is 16.4. The molecule has 0 radical (unpaired) electrons. The van der Waals surface area contributed by atoms with Crippen LogP contribution in [0.3, 0.4) is 0 Å². The van der Waals surface area contributed by atoms with Crippen molar-refractivity contribution in [2.75, 3.05) is 13.2 Å². The summed E-state index contributed by atoms with van der Waals surface area (Å²) in [4.78, 5) is 21.4. The van der Waals surface area contributed by atoms with Crippen LogP contribution in [0.5, 0.6) is 0 Å². The van der Waals surface area contributed by atoms with Crippen LogP contribution in [-0.2, 0) is 9.59 Å². The molecule has 0 aromatic rings. The van der Waals surface area contributed by atoms with Crippen molar-refractivity contribution in [1.29, 1.82) is 0 Å². The number of carboxylic acids is 2. The molecule has 7 heteroatoms. The summed E-state index contributed by atoms with van der Waals surface area (Å²) in [5, 5.41) is 44.7. The fourth-order valence-electron chi connectivity index (χ4n) is 1.43. The summed E-state index contributed by atoms with van der Waals surface area (Å²) >= 11 is 0. The Morgan fingerprint density at radius 1 is 1.25 bits per heavy atom. The Morgan fingerprint density at radius 2 is 1.75 bits per heavy atom. The van der Waals surface area contributed by atoms with Crippen LogP contribution in [0.15, 0.2) is 0 Å². The molecule has 3 atom stereocenters. The van der Waals surface area contributed by atoms with Crippen LogP contribution < -0.4 is 0 Å². The lowest BCUT2D eigenvalue weighted by atomic mass is 9.72. The highest BCUT2D eigenvalue weighted by Crippen LogP contribution is 2.33. The van der Waals surface area contributed by atoms with Crippen molar-refractivity contribution in [3.63, 3.8) is 0 Å². The lowest BCUT2D eigenvalue weighted by Crippen LogP contribution is -2.48. The van der Waals surface area contributed by atoms with Gasteiger partial charge >= 0.3 is 11.9 Å². The van der Waals surface area contributed by atoms with Crippen molar-refractivity contribution >= 4 is 11.9 Å². The predicted octanol–water partition coefficient (Wildman–Crippen LogP) is -1.49. The van der Waals surface area contributed by atoms with E-state index in [-0.39, 0.29) is 0 Å². The molecule has 0 fully saturated rings. The molecule has 0 heterocycles. The lowest BCUT2D eigenvalue weighted by Gasteiger charge is -2.36. The summed E-state index contributed by atoms with van der Waals surface area (Å²) in [5.74, 6) is -4.26. The maximum Gasteiger partial charge on any atom is 0.307 e. The van der Waals surface area contributed by atoms with Gasteiger partial charge in [0, 0.05) is 5.41 Å². The van der Waals surface area contributed by atoms with Gasteiger partial charge in [-0.1, -0.05) is 6.92 Å². The first kappa shape index (κ1) is 14.8. The third kappa shape index (κ3) is 3.16. The van der Waals surface area contributed by atoms with Crippen molar-refractivity contribution in [2.24, 2.45) is 11.3 Å². The highest BCUT2D eigenvalue weighted by molar-refractivity contribution is 5.78. The molecule has 5 N–H and O–H groups in total. The van der Waals surface area contributed by atoms with Gasteiger partial charge in [0.1, 0.15) is 0 Å². The molecule has 0 aromatic carbocycles. The molecule has 0 aliphatic rings. The minimum atomic E-state index is -1.60. The zero-order valence-electron chi connectivity index (χ0n) is 8.83. The van der Waals surface area contributed by atoms with Crippen molar-refractivity contribution in [2.45, 2.75) is 19.4 Å². The van der Waals surface area contributed by atoms with Crippen LogP contribution in [0, 0.1) is 11.3 Å². The maximum atomic E-state index is 10.9. The van der Waals surface area contributed by atoms with Gasteiger partial charge in [-0.15, -0.1) is 0 Å². The Hall–Kier alpha value is -1.18. The summed E-state index contributed by atoms with van der Waals surface area (Å²) in [6, 6.07) is 0. The molecule has 0 saturated carbocycles. The summed E-state index contributed by atoms with van der Waals surface area (Å²) in [7, 11) is 0. The normalized spacial score (nSPS) is 18.5. The molecule has 0 saturated heterocycles. The van der Waals surface area contributed by atoms with Crippen LogP contribution in [0.2, 0.25) is 0 Å². The Bertz CT molecular complexity index is 265. The second-order valence-electron chi connectivity index (χ2n) is 3.85.